The number of hydroxylamine groups is 1. The third kappa shape index (κ3) is 5.19. The summed E-state index contributed by atoms with van der Waals surface area (Å²) in [5.74, 6) is -0.514. The van der Waals surface area contributed by atoms with Gasteiger partial charge in [0.25, 0.3) is 5.91 Å². The van der Waals surface area contributed by atoms with Crippen LogP contribution in [0.5, 0.6) is 0 Å². The van der Waals surface area contributed by atoms with E-state index in [0.29, 0.717) is 23.2 Å². The van der Waals surface area contributed by atoms with Crippen molar-refractivity contribution in [3.63, 3.8) is 0 Å². The fraction of sp³-hybridized carbons (Fsp3) is 0.273. The first-order valence-corrected chi connectivity index (χ1v) is 11.3. The summed E-state index contributed by atoms with van der Waals surface area (Å²) >= 11 is 8.48. The van der Waals surface area contributed by atoms with Crippen molar-refractivity contribution < 1.29 is 14.0 Å². The Morgan fingerprint density at radius 2 is 2.03 bits per heavy atom. The molecule has 1 saturated carbocycles. The van der Waals surface area contributed by atoms with Crippen molar-refractivity contribution in [3.8, 4) is 5.69 Å². The lowest BCUT2D eigenvalue weighted by atomic mass is 10.1. The molecule has 4 rings (SSSR count). The van der Waals surface area contributed by atoms with E-state index in [1.54, 1.807) is 12.1 Å². The van der Waals surface area contributed by atoms with Gasteiger partial charge in [-0.1, -0.05) is 11.6 Å². The summed E-state index contributed by atoms with van der Waals surface area (Å²) in [6.45, 7) is 4.12. The van der Waals surface area contributed by atoms with E-state index in [9.17, 15) is 4.79 Å². The largest absolute Gasteiger partial charge is 0.354 e. The van der Waals surface area contributed by atoms with Gasteiger partial charge in [0.2, 0.25) is 0 Å². The van der Waals surface area contributed by atoms with Gasteiger partial charge in [-0.15, -0.1) is 0 Å². The van der Waals surface area contributed by atoms with Crippen molar-refractivity contribution in [2.24, 2.45) is 5.92 Å². The Kier molecular flexibility index (Phi) is 6.49. The second kappa shape index (κ2) is 9.13. The molecule has 0 saturated heterocycles. The third-order valence-electron chi connectivity index (χ3n) is 4.95. The van der Waals surface area contributed by atoms with Crippen LogP contribution in [0.4, 0.5) is 15.8 Å². The molecule has 0 bridgehead atoms. The van der Waals surface area contributed by atoms with Crippen molar-refractivity contribution in [1.82, 2.24) is 15.3 Å². The maximum Gasteiger partial charge on any atom is 0.277 e. The molecule has 1 fully saturated rings. The topological polar surface area (TPSA) is 68.2 Å². The molecule has 0 spiro atoms. The summed E-state index contributed by atoms with van der Waals surface area (Å²) in [4.78, 5) is 18.3. The molecule has 3 aromatic rings. The third-order valence-corrected chi connectivity index (χ3v) is 5.93. The lowest BCUT2D eigenvalue weighted by Gasteiger charge is -2.16. The zero-order valence-electron chi connectivity index (χ0n) is 17.0. The highest BCUT2D eigenvalue weighted by Gasteiger charge is 2.23. The van der Waals surface area contributed by atoms with Crippen LogP contribution in [0.2, 0.25) is 5.02 Å². The number of nitrogens with zero attached hydrogens (tertiary/aromatic N) is 2. The minimum atomic E-state index is -0.522. The van der Waals surface area contributed by atoms with Gasteiger partial charge in [-0.25, -0.2) is 14.6 Å². The van der Waals surface area contributed by atoms with Crippen LogP contribution in [0.3, 0.4) is 0 Å². The average molecular weight is 555 g/mol. The van der Waals surface area contributed by atoms with Crippen LogP contribution in [-0.2, 0) is 4.84 Å². The fourth-order valence-corrected chi connectivity index (χ4v) is 4.09. The van der Waals surface area contributed by atoms with Gasteiger partial charge in [0.15, 0.2) is 5.82 Å². The molecule has 2 N–H and O–H groups in total. The number of halogens is 3. The molecule has 31 heavy (non-hydrogen) atoms. The summed E-state index contributed by atoms with van der Waals surface area (Å²) in [5, 5.41) is 7.89. The van der Waals surface area contributed by atoms with E-state index in [4.69, 9.17) is 16.4 Å². The summed E-state index contributed by atoms with van der Waals surface area (Å²) < 4.78 is 17.5. The number of nitrogens with one attached hydrogen (secondary N) is 2. The van der Waals surface area contributed by atoms with Crippen LogP contribution >= 0.6 is 34.2 Å². The fourth-order valence-electron chi connectivity index (χ4n) is 3.19. The standard InChI is InChI=1S/C22H21ClFIN4O2/c1-12-7-13(2)29(27-12)21-9-16(22(30)28-31-11-14-3-4-14)20(10-18(21)24)26-19-6-5-15(25)8-17(19)23/h5-10,14,26H,3-4,11H2,1-2H3,(H,28,30). The summed E-state index contributed by atoms with van der Waals surface area (Å²) in [6.07, 6.45) is 2.21. The van der Waals surface area contributed by atoms with Gasteiger partial charge in [0.1, 0.15) is 5.69 Å². The first-order chi connectivity index (χ1) is 14.8. The lowest BCUT2D eigenvalue weighted by Crippen LogP contribution is -2.26. The van der Waals surface area contributed by atoms with Gasteiger partial charge in [0, 0.05) is 15.3 Å². The number of benzene rings is 2. The van der Waals surface area contributed by atoms with Crippen LogP contribution in [0.1, 0.15) is 34.6 Å². The van der Waals surface area contributed by atoms with Crippen LogP contribution in [0.25, 0.3) is 5.69 Å². The Hall–Kier alpha value is -2.17. The van der Waals surface area contributed by atoms with Crippen molar-refractivity contribution in [3.05, 3.63) is 67.8 Å². The second-order valence-corrected chi connectivity index (χ2v) is 9.28. The Morgan fingerprint density at radius 3 is 2.68 bits per heavy atom. The van der Waals surface area contributed by atoms with E-state index >= 15 is 4.39 Å². The normalized spacial score (nSPS) is 13.3. The number of rotatable bonds is 7. The number of hydrogen-bond donors (Lipinski definition) is 2. The molecule has 1 aromatic heterocycles. The van der Waals surface area contributed by atoms with Crippen LogP contribution in [-0.4, -0.2) is 22.3 Å². The molecule has 6 nitrogen and oxygen atoms in total. The molecule has 1 aliphatic carbocycles. The number of aryl methyl sites for hydroxylation is 2. The summed E-state index contributed by atoms with van der Waals surface area (Å²) in [5.41, 5.74) is 5.22. The second-order valence-electron chi connectivity index (χ2n) is 7.62. The monoisotopic (exact) mass is 554 g/mol. The minimum Gasteiger partial charge on any atom is -0.354 e. The SMILES string of the molecule is Cc1cc(C)n(-c2cc(C(=O)NOCC3CC3)c(Nc3ccc(I)cc3Cl)cc2F)n1. The quantitative estimate of drug-likeness (QED) is 0.290. The van der Waals surface area contributed by atoms with E-state index in [1.807, 2.05) is 26.0 Å². The predicted molar refractivity (Wildman–Crippen MR) is 127 cm³/mol. The van der Waals surface area contributed by atoms with Crippen LogP contribution in [0.15, 0.2) is 36.4 Å². The van der Waals surface area contributed by atoms with Gasteiger partial charge in [-0.3, -0.25) is 9.63 Å². The highest BCUT2D eigenvalue weighted by molar-refractivity contribution is 14.1. The van der Waals surface area contributed by atoms with Crippen molar-refractivity contribution >= 4 is 51.5 Å². The summed E-state index contributed by atoms with van der Waals surface area (Å²) in [7, 11) is 0. The molecule has 1 heterocycles. The van der Waals surface area contributed by atoms with Crippen LogP contribution in [0, 0.1) is 29.2 Å². The maximum atomic E-state index is 15.1. The smallest absolute Gasteiger partial charge is 0.277 e. The van der Waals surface area contributed by atoms with Crippen molar-refractivity contribution in [2.75, 3.05) is 11.9 Å². The number of anilines is 2. The number of carbonyl (C=O) groups excluding carboxylic acids is 1. The Morgan fingerprint density at radius 1 is 1.26 bits per heavy atom. The molecule has 9 heteroatoms. The van der Waals surface area contributed by atoms with E-state index in [0.717, 1.165) is 27.8 Å². The van der Waals surface area contributed by atoms with Gasteiger partial charge in [0.05, 0.1) is 34.3 Å². The van der Waals surface area contributed by atoms with E-state index in [2.05, 4.69) is 38.5 Å². The Bertz CT molecular complexity index is 1150. The van der Waals surface area contributed by atoms with E-state index < -0.39 is 11.7 Å². The molecule has 0 aliphatic heterocycles. The molecule has 1 aliphatic rings. The molecule has 0 atom stereocenters. The van der Waals surface area contributed by atoms with Gasteiger partial charge < -0.3 is 5.32 Å². The molecule has 162 valence electrons. The van der Waals surface area contributed by atoms with E-state index in [1.165, 1.54) is 16.8 Å². The number of amides is 1. The first kappa shape index (κ1) is 22.0. The van der Waals surface area contributed by atoms with Crippen LogP contribution < -0.4 is 10.8 Å². The predicted octanol–water partition coefficient (Wildman–Crippen LogP) is 5.70. The number of aromatic nitrogens is 2. The molecular weight excluding hydrogens is 534 g/mol. The number of hydrogen-bond acceptors (Lipinski definition) is 4. The highest BCUT2D eigenvalue weighted by atomic mass is 127. The van der Waals surface area contributed by atoms with Gasteiger partial charge in [-0.05, 0) is 85.5 Å². The number of carbonyl (C=O) groups is 1. The Labute approximate surface area is 198 Å². The molecule has 0 radical (unpaired) electrons. The van der Waals surface area contributed by atoms with Crippen molar-refractivity contribution in [2.45, 2.75) is 26.7 Å². The Balaban J connectivity index is 1.71. The van der Waals surface area contributed by atoms with Gasteiger partial charge in [-0.2, -0.15) is 5.10 Å². The zero-order valence-corrected chi connectivity index (χ0v) is 19.9. The van der Waals surface area contributed by atoms with Crippen molar-refractivity contribution in [1.29, 1.82) is 0 Å². The molecular formula is C22H21ClFIN4O2. The molecule has 2 aromatic carbocycles. The van der Waals surface area contributed by atoms with Gasteiger partial charge >= 0.3 is 0 Å². The zero-order chi connectivity index (χ0) is 22.1. The minimum absolute atomic E-state index is 0.178. The lowest BCUT2D eigenvalue weighted by molar-refractivity contribution is 0.0271. The highest BCUT2D eigenvalue weighted by Crippen LogP contribution is 2.32. The summed E-state index contributed by atoms with van der Waals surface area (Å²) in [6, 6.07) is 10.0. The van der Waals surface area contributed by atoms with E-state index in [-0.39, 0.29) is 16.9 Å². The molecule has 0 unspecified atom stereocenters. The first-order valence-electron chi connectivity index (χ1n) is 9.83. The average Bonchev–Trinajstić information content (AvgIpc) is 3.47. The molecule has 1 amide bonds. The maximum absolute atomic E-state index is 15.1.